The lowest BCUT2D eigenvalue weighted by Gasteiger charge is -1.97. The normalized spacial score (nSPS) is 11.2. The molecule has 78 valence electrons. The maximum absolute atomic E-state index is 11.8. The van der Waals surface area contributed by atoms with Crippen LogP contribution in [0.3, 0.4) is 0 Å². The zero-order valence-electron chi connectivity index (χ0n) is 6.60. The molecule has 0 spiro atoms. The lowest BCUT2D eigenvalue weighted by atomic mass is 10.5. The molecule has 0 aliphatic rings. The fourth-order valence-electron chi connectivity index (χ4n) is 0.579. The zero-order valence-corrected chi connectivity index (χ0v) is 8.23. The predicted molar refractivity (Wildman–Crippen MR) is 47.6 cm³/mol. The van der Waals surface area contributed by atoms with Crippen LogP contribution in [-0.4, -0.2) is 30.5 Å². The highest BCUT2D eigenvalue weighted by Gasteiger charge is 2.14. The lowest BCUT2D eigenvalue weighted by molar-refractivity contribution is 0.0691. The Bertz CT molecular complexity index is 440. The first-order chi connectivity index (χ1) is 6.44. The molecule has 1 heterocycles. The molecular formula is C5H5FN2O4S2. The molecule has 0 radical (unpaired) electrons. The third kappa shape index (κ3) is 2.64. The summed E-state index contributed by atoms with van der Waals surface area (Å²) in [6.07, 6.45) is 0. The van der Waals surface area contributed by atoms with Crippen LogP contribution in [0.15, 0.2) is 5.38 Å². The molecule has 0 aliphatic heterocycles. The molecule has 6 nitrogen and oxygen atoms in total. The Labute approximate surface area is 82.5 Å². The van der Waals surface area contributed by atoms with Crippen molar-refractivity contribution in [3.63, 3.8) is 0 Å². The Morgan fingerprint density at radius 3 is 2.79 bits per heavy atom. The van der Waals surface area contributed by atoms with Crippen LogP contribution >= 0.6 is 11.3 Å². The minimum Gasteiger partial charge on any atom is -0.476 e. The number of thiazole rings is 1. The quantitative estimate of drug-likeness (QED) is 0.799. The summed E-state index contributed by atoms with van der Waals surface area (Å²) in [6, 6.07) is -1.57. The monoisotopic (exact) mass is 240 g/mol. The van der Waals surface area contributed by atoms with Gasteiger partial charge in [0.1, 0.15) is 0 Å². The molecule has 0 amide bonds. The van der Waals surface area contributed by atoms with Crippen molar-refractivity contribution in [1.82, 2.24) is 4.98 Å². The van der Waals surface area contributed by atoms with Crippen LogP contribution in [0.5, 0.6) is 0 Å². The third-order valence-corrected chi connectivity index (χ3v) is 2.79. The van der Waals surface area contributed by atoms with E-state index in [4.69, 9.17) is 5.11 Å². The molecule has 0 bridgehead atoms. The predicted octanol–water partition coefficient (Wildman–Crippen LogP) is 0.510. The molecule has 0 unspecified atom stereocenters. The van der Waals surface area contributed by atoms with Gasteiger partial charge in [0.05, 0.1) is 0 Å². The van der Waals surface area contributed by atoms with Crippen molar-refractivity contribution in [3.8, 4) is 0 Å². The molecule has 0 fully saturated rings. The number of halogens is 1. The fourth-order valence-corrected chi connectivity index (χ4v) is 2.05. The van der Waals surface area contributed by atoms with Gasteiger partial charge in [-0.1, -0.05) is 0 Å². The summed E-state index contributed by atoms with van der Waals surface area (Å²) < 4.78 is 35.0. The largest absolute Gasteiger partial charge is 0.476 e. The number of nitrogens with one attached hydrogen (secondary N) is 1. The Kier molecular flexibility index (Phi) is 3.01. The van der Waals surface area contributed by atoms with Crippen molar-refractivity contribution in [1.29, 1.82) is 0 Å². The summed E-state index contributed by atoms with van der Waals surface area (Å²) >= 11 is 0.771. The summed E-state index contributed by atoms with van der Waals surface area (Å²) in [5, 5.41) is 9.43. The molecule has 1 aromatic rings. The van der Waals surface area contributed by atoms with Gasteiger partial charge < -0.3 is 5.11 Å². The first-order valence-electron chi connectivity index (χ1n) is 3.20. The average molecular weight is 240 g/mol. The Hall–Kier alpha value is -1.22. The van der Waals surface area contributed by atoms with Crippen molar-refractivity contribution >= 4 is 32.5 Å². The number of rotatable bonds is 4. The van der Waals surface area contributed by atoms with Crippen molar-refractivity contribution in [2.24, 2.45) is 0 Å². The minimum absolute atomic E-state index is 0.167. The van der Waals surface area contributed by atoms with Crippen LogP contribution in [0.4, 0.5) is 9.52 Å². The van der Waals surface area contributed by atoms with Crippen molar-refractivity contribution in [2.45, 2.75) is 0 Å². The summed E-state index contributed by atoms with van der Waals surface area (Å²) in [4.78, 5) is 13.7. The highest BCUT2D eigenvalue weighted by atomic mass is 32.2. The van der Waals surface area contributed by atoms with Gasteiger partial charge in [-0.25, -0.2) is 22.6 Å². The van der Waals surface area contributed by atoms with E-state index in [1.165, 1.54) is 0 Å². The number of anilines is 1. The highest BCUT2D eigenvalue weighted by molar-refractivity contribution is 7.92. The van der Waals surface area contributed by atoms with E-state index in [9.17, 15) is 17.6 Å². The van der Waals surface area contributed by atoms with Gasteiger partial charge in [0.25, 0.3) is 10.0 Å². The van der Waals surface area contributed by atoms with Crippen LogP contribution < -0.4 is 4.72 Å². The molecular weight excluding hydrogens is 235 g/mol. The smallest absolute Gasteiger partial charge is 0.355 e. The van der Waals surface area contributed by atoms with Crippen LogP contribution in [0, 0.1) is 0 Å². The SMILES string of the molecule is O=C(O)c1csc(NS(=O)(=O)CF)n1. The van der Waals surface area contributed by atoms with Crippen LogP contribution in [0.2, 0.25) is 0 Å². The maximum Gasteiger partial charge on any atom is 0.355 e. The summed E-state index contributed by atoms with van der Waals surface area (Å²) in [5.41, 5.74) is -0.286. The van der Waals surface area contributed by atoms with E-state index in [1.54, 1.807) is 4.72 Å². The van der Waals surface area contributed by atoms with Gasteiger partial charge in [0.15, 0.2) is 10.8 Å². The number of alkyl halides is 1. The van der Waals surface area contributed by atoms with Gasteiger partial charge in [-0.2, -0.15) is 0 Å². The van der Waals surface area contributed by atoms with E-state index in [-0.39, 0.29) is 10.8 Å². The second-order valence-electron chi connectivity index (χ2n) is 2.17. The first-order valence-corrected chi connectivity index (χ1v) is 5.73. The van der Waals surface area contributed by atoms with E-state index in [0.29, 0.717) is 0 Å². The molecule has 1 aromatic heterocycles. The Morgan fingerprint density at radius 1 is 1.71 bits per heavy atom. The summed E-state index contributed by atoms with van der Waals surface area (Å²) in [6.45, 7) is 0. The number of hydrogen-bond donors (Lipinski definition) is 2. The van der Waals surface area contributed by atoms with E-state index in [0.717, 1.165) is 16.7 Å². The second kappa shape index (κ2) is 3.88. The first kappa shape index (κ1) is 10.9. The number of carboxylic acid groups (broad SMARTS) is 1. The molecule has 0 saturated carbocycles. The lowest BCUT2D eigenvalue weighted by Crippen LogP contribution is -2.13. The average Bonchev–Trinajstić information content (AvgIpc) is 2.52. The van der Waals surface area contributed by atoms with E-state index >= 15 is 0 Å². The Morgan fingerprint density at radius 2 is 2.36 bits per heavy atom. The van der Waals surface area contributed by atoms with Crippen molar-refractivity contribution < 1.29 is 22.7 Å². The van der Waals surface area contributed by atoms with Gasteiger partial charge >= 0.3 is 5.97 Å². The van der Waals surface area contributed by atoms with Gasteiger partial charge in [-0.15, -0.1) is 11.3 Å². The molecule has 0 aromatic carbocycles. The zero-order chi connectivity index (χ0) is 10.8. The van der Waals surface area contributed by atoms with Crippen LogP contribution in [-0.2, 0) is 10.0 Å². The standard InChI is InChI=1S/C5H5FN2O4S2/c6-2-14(11,12)8-5-7-3(1-13-5)4(9)10/h1H,2H2,(H,7,8)(H,9,10). The number of nitrogens with zero attached hydrogens (tertiary/aromatic N) is 1. The maximum atomic E-state index is 11.8. The van der Waals surface area contributed by atoms with E-state index in [2.05, 4.69) is 4.98 Å². The van der Waals surface area contributed by atoms with E-state index in [1.807, 2.05) is 0 Å². The fraction of sp³-hybridized carbons (Fsp3) is 0.200. The van der Waals surface area contributed by atoms with Gasteiger partial charge in [-0.05, 0) is 0 Å². The van der Waals surface area contributed by atoms with Crippen molar-refractivity contribution in [3.05, 3.63) is 11.1 Å². The summed E-state index contributed by atoms with van der Waals surface area (Å²) in [7, 11) is -4.05. The Balaban J connectivity index is 2.84. The molecule has 1 rings (SSSR count). The highest BCUT2D eigenvalue weighted by Crippen LogP contribution is 2.16. The summed E-state index contributed by atoms with van der Waals surface area (Å²) in [5.74, 6) is -1.27. The molecule has 0 aliphatic carbocycles. The molecule has 9 heteroatoms. The van der Waals surface area contributed by atoms with Crippen LogP contribution in [0.1, 0.15) is 10.5 Å². The molecule has 2 N–H and O–H groups in total. The van der Waals surface area contributed by atoms with E-state index < -0.39 is 22.0 Å². The van der Waals surface area contributed by atoms with Gasteiger partial charge in [0, 0.05) is 5.38 Å². The van der Waals surface area contributed by atoms with Crippen molar-refractivity contribution in [2.75, 3.05) is 10.7 Å². The molecule has 0 atom stereocenters. The molecule has 0 saturated heterocycles. The molecule has 14 heavy (non-hydrogen) atoms. The third-order valence-electron chi connectivity index (χ3n) is 1.11. The van der Waals surface area contributed by atoms with Gasteiger partial charge in [-0.3, -0.25) is 4.72 Å². The second-order valence-corrected chi connectivity index (χ2v) is 4.68. The number of carboxylic acids is 1. The number of hydrogen-bond acceptors (Lipinski definition) is 5. The number of carbonyl (C=O) groups is 1. The number of sulfonamides is 1. The number of aromatic nitrogens is 1. The van der Waals surface area contributed by atoms with Gasteiger partial charge in [0.2, 0.25) is 6.01 Å². The minimum atomic E-state index is -4.05. The number of aromatic carboxylic acids is 1. The topological polar surface area (TPSA) is 96.4 Å². The van der Waals surface area contributed by atoms with Crippen LogP contribution in [0.25, 0.3) is 0 Å².